The van der Waals surface area contributed by atoms with Crippen LogP contribution in [0.2, 0.25) is 0 Å². The van der Waals surface area contributed by atoms with Gasteiger partial charge in [0.05, 0.1) is 0 Å². The van der Waals surface area contributed by atoms with E-state index >= 15 is 0 Å². The van der Waals surface area contributed by atoms with Gasteiger partial charge in [-0.1, -0.05) is 6.92 Å². The second-order valence-electron chi connectivity index (χ2n) is 2.25. The Hall–Kier alpha value is -0.0800. The van der Waals surface area contributed by atoms with Gasteiger partial charge >= 0.3 is 0 Å². The number of hydrogen-bond donors (Lipinski definition) is 0. The van der Waals surface area contributed by atoms with Crippen LogP contribution < -0.4 is 0 Å². The first-order valence-corrected chi connectivity index (χ1v) is 2.90. The fourth-order valence-corrected chi connectivity index (χ4v) is 0.348. The summed E-state index contributed by atoms with van der Waals surface area (Å²) in [5, 5.41) is 10.6. The molecule has 0 bridgehead atoms. The summed E-state index contributed by atoms with van der Waals surface area (Å²) in [4.78, 5) is 0. The van der Waals surface area contributed by atoms with Crippen molar-refractivity contribution < 1.29 is 9.84 Å². The van der Waals surface area contributed by atoms with Gasteiger partial charge in [-0.05, 0) is 20.3 Å². The van der Waals surface area contributed by atoms with Crippen LogP contribution in [-0.2, 0) is 9.84 Å². The van der Waals surface area contributed by atoms with E-state index in [0.717, 1.165) is 6.42 Å². The Balaban J connectivity index is 3.11. The molecule has 8 heavy (non-hydrogen) atoms. The summed E-state index contributed by atoms with van der Waals surface area (Å²) in [6, 6.07) is 0. The molecule has 0 spiro atoms. The molecule has 2 heteroatoms. The van der Waals surface area contributed by atoms with E-state index in [-0.39, 0.29) is 0 Å². The quantitative estimate of drug-likeness (QED) is 0.516. The summed E-state index contributed by atoms with van der Waals surface area (Å²) in [5.41, 5.74) is 0. The largest absolute Gasteiger partial charge is 0.348 e. The number of hydrogen-bond acceptors (Lipinski definition) is 1. The van der Waals surface area contributed by atoms with E-state index in [1.807, 2.05) is 6.92 Å². The lowest BCUT2D eigenvalue weighted by Crippen LogP contribution is -2.21. The van der Waals surface area contributed by atoms with Crippen LogP contribution in [0.4, 0.5) is 0 Å². The van der Waals surface area contributed by atoms with Crippen LogP contribution in [0.15, 0.2) is 0 Å². The van der Waals surface area contributed by atoms with E-state index in [4.69, 9.17) is 4.74 Å². The summed E-state index contributed by atoms with van der Waals surface area (Å²) in [5.74, 6) is -1.20. The molecule has 0 aromatic rings. The topological polar surface area (TPSA) is 29.1 Å². The Morgan fingerprint density at radius 2 is 2.00 bits per heavy atom. The van der Waals surface area contributed by atoms with Crippen molar-refractivity contribution in [3.05, 3.63) is 0 Å². The average Bonchev–Trinajstić information content (AvgIpc) is 1.59. The van der Waals surface area contributed by atoms with Crippen LogP contribution in [0.1, 0.15) is 27.2 Å². The molecule has 0 amide bonds. The lowest BCUT2D eigenvalue weighted by molar-refractivity contribution is -0.214. The molecule has 0 saturated carbocycles. The molecule has 0 aliphatic rings. The van der Waals surface area contributed by atoms with E-state index in [1.54, 1.807) is 0 Å². The molecular formula is C6H13O2. The highest BCUT2D eigenvalue weighted by Crippen LogP contribution is 2.03. The molecule has 2 nitrogen and oxygen atoms in total. The van der Waals surface area contributed by atoms with Crippen LogP contribution >= 0.6 is 0 Å². The Morgan fingerprint density at radius 1 is 1.50 bits per heavy atom. The lowest BCUT2D eigenvalue weighted by atomic mass is 10.4. The van der Waals surface area contributed by atoms with Gasteiger partial charge < -0.3 is 4.74 Å². The van der Waals surface area contributed by atoms with Gasteiger partial charge in [0.25, 0.3) is 0 Å². The first-order valence-electron chi connectivity index (χ1n) is 2.90. The number of rotatable bonds is 3. The molecule has 0 aliphatic heterocycles. The smallest absolute Gasteiger partial charge is 0.196 e. The highest BCUT2D eigenvalue weighted by molar-refractivity contribution is 4.45. The van der Waals surface area contributed by atoms with E-state index in [1.165, 1.54) is 13.8 Å². The van der Waals surface area contributed by atoms with Crippen molar-refractivity contribution in [3.8, 4) is 0 Å². The van der Waals surface area contributed by atoms with Crippen molar-refractivity contribution in [1.82, 2.24) is 0 Å². The first kappa shape index (κ1) is 7.92. The molecule has 0 N–H and O–H groups in total. The van der Waals surface area contributed by atoms with Crippen LogP contribution in [0, 0.1) is 0 Å². The third kappa shape index (κ3) is 5.92. The molecule has 0 fully saturated rings. The van der Waals surface area contributed by atoms with Crippen molar-refractivity contribution >= 4 is 0 Å². The maximum absolute atomic E-state index is 10.6. The summed E-state index contributed by atoms with van der Waals surface area (Å²) >= 11 is 0. The zero-order valence-electron chi connectivity index (χ0n) is 5.73. The van der Waals surface area contributed by atoms with Crippen molar-refractivity contribution in [2.24, 2.45) is 0 Å². The van der Waals surface area contributed by atoms with Crippen LogP contribution in [0.5, 0.6) is 0 Å². The summed E-state index contributed by atoms with van der Waals surface area (Å²) < 4.78 is 4.82. The Labute approximate surface area is 50.5 Å². The van der Waals surface area contributed by atoms with Crippen LogP contribution in [0.3, 0.4) is 0 Å². The van der Waals surface area contributed by atoms with Gasteiger partial charge in [-0.2, -0.15) is 5.11 Å². The minimum Gasteiger partial charge on any atom is -0.348 e. The molecule has 0 aromatic heterocycles. The molecule has 0 atom stereocenters. The maximum Gasteiger partial charge on any atom is 0.196 e. The van der Waals surface area contributed by atoms with Crippen LogP contribution in [-0.4, -0.2) is 12.4 Å². The fourth-order valence-electron chi connectivity index (χ4n) is 0.348. The first-order chi connectivity index (χ1) is 3.56. The third-order valence-electron chi connectivity index (χ3n) is 0.654. The van der Waals surface area contributed by atoms with E-state index in [9.17, 15) is 5.11 Å². The molecule has 0 aliphatic carbocycles. The van der Waals surface area contributed by atoms with Gasteiger partial charge in [0.2, 0.25) is 0 Å². The summed E-state index contributed by atoms with van der Waals surface area (Å²) in [6.45, 7) is 5.58. The van der Waals surface area contributed by atoms with Crippen molar-refractivity contribution in [1.29, 1.82) is 0 Å². The van der Waals surface area contributed by atoms with Gasteiger partial charge in [-0.3, -0.25) is 0 Å². The minimum atomic E-state index is -1.20. The van der Waals surface area contributed by atoms with Gasteiger partial charge in [-0.15, -0.1) is 0 Å². The average molecular weight is 117 g/mol. The highest BCUT2D eigenvalue weighted by atomic mass is 16.6. The summed E-state index contributed by atoms with van der Waals surface area (Å²) in [6.07, 6.45) is 0.908. The monoisotopic (exact) mass is 117 g/mol. The molecule has 0 saturated heterocycles. The zero-order chi connectivity index (χ0) is 6.62. The van der Waals surface area contributed by atoms with Crippen molar-refractivity contribution in [2.75, 3.05) is 6.61 Å². The van der Waals surface area contributed by atoms with Crippen molar-refractivity contribution in [2.45, 2.75) is 33.0 Å². The predicted molar refractivity (Wildman–Crippen MR) is 31.0 cm³/mol. The molecule has 0 rings (SSSR count). The van der Waals surface area contributed by atoms with Crippen LogP contribution in [0.25, 0.3) is 0 Å². The van der Waals surface area contributed by atoms with Gasteiger partial charge in [-0.25, -0.2) is 0 Å². The van der Waals surface area contributed by atoms with Gasteiger partial charge in [0.15, 0.2) is 5.79 Å². The molecule has 0 unspecified atom stereocenters. The summed E-state index contributed by atoms with van der Waals surface area (Å²) in [7, 11) is 0. The second kappa shape index (κ2) is 3.05. The highest BCUT2D eigenvalue weighted by Gasteiger charge is 2.13. The zero-order valence-corrected chi connectivity index (χ0v) is 5.73. The molecule has 0 aromatic carbocycles. The second-order valence-corrected chi connectivity index (χ2v) is 2.25. The Bertz CT molecular complexity index is 54.0. The minimum absolute atomic E-state index is 0.566. The lowest BCUT2D eigenvalue weighted by Gasteiger charge is -2.13. The van der Waals surface area contributed by atoms with Crippen molar-refractivity contribution in [3.63, 3.8) is 0 Å². The molecular weight excluding hydrogens is 104 g/mol. The van der Waals surface area contributed by atoms with E-state index in [0.29, 0.717) is 6.61 Å². The molecule has 49 valence electrons. The maximum atomic E-state index is 10.6. The third-order valence-corrected chi connectivity index (χ3v) is 0.654. The molecule has 0 heterocycles. The van der Waals surface area contributed by atoms with E-state index < -0.39 is 5.79 Å². The predicted octanol–water partition coefficient (Wildman–Crippen LogP) is 1.58. The Morgan fingerprint density at radius 3 is 2.12 bits per heavy atom. The van der Waals surface area contributed by atoms with Gasteiger partial charge in [0.1, 0.15) is 0 Å². The normalized spacial score (nSPS) is 12.0. The fraction of sp³-hybridized carbons (Fsp3) is 1.00. The Kier molecular flexibility index (Phi) is 3.02. The van der Waals surface area contributed by atoms with E-state index in [2.05, 4.69) is 0 Å². The van der Waals surface area contributed by atoms with Gasteiger partial charge in [0, 0.05) is 6.61 Å². The SMILES string of the molecule is CCCOC(C)(C)[O]. The molecule has 1 radical (unpaired) electrons. The standard InChI is InChI=1S/C6H13O2/c1-4-5-8-6(2,3)7/h4-5H2,1-3H3. The number of ether oxygens (including phenoxy) is 1.